The maximum Gasteiger partial charge on any atom is 0.316 e. The van der Waals surface area contributed by atoms with Gasteiger partial charge in [0.2, 0.25) is 0 Å². The summed E-state index contributed by atoms with van der Waals surface area (Å²) in [7, 11) is 3.50. The summed E-state index contributed by atoms with van der Waals surface area (Å²) in [5, 5.41) is 2.88. The molecule has 0 atom stereocenters. The highest BCUT2D eigenvalue weighted by Crippen LogP contribution is 2.20. The first-order chi connectivity index (χ1) is 9.16. The first kappa shape index (κ1) is 13.7. The SMILES string of the molecule is CN(C)C(=O)NCCc1ccc(N2CCCC2)cc1. The molecule has 1 N–H and O–H groups in total. The van der Waals surface area contributed by atoms with E-state index >= 15 is 0 Å². The quantitative estimate of drug-likeness (QED) is 0.901. The molecule has 1 saturated heterocycles. The van der Waals surface area contributed by atoms with Crippen LogP contribution in [-0.2, 0) is 6.42 Å². The Morgan fingerprint density at radius 1 is 1.21 bits per heavy atom. The molecule has 2 rings (SSSR count). The summed E-state index contributed by atoms with van der Waals surface area (Å²) in [5.41, 5.74) is 2.58. The van der Waals surface area contributed by atoms with Crippen molar-refractivity contribution in [2.45, 2.75) is 19.3 Å². The fourth-order valence-electron chi connectivity index (χ4n) is 2.32. The van der Waals surface area contributed by atoms with Crippen LogP contribution in [0.15, 0.2) is 24.3 Å². The molecule has 1 fully saturated rings. The highest BCUT2D eigenvalue weighted by molar-refractivity contribution is 5.73. The zero-order chi connectivity index (χ0) is 13.7. The van der Waals surface area contributed by atoms with Gasteiger partial charge in [0.25, 0.3) is 0 Å². The van der Waals surface area contributed by atoms with Crippen molar-refractivity contribution in [3.05, 3.63) is 29.8 Å². The lowest BCUT2D eigenvalue weighted by atomic mass is 10.1. The van der Waals surface area contributed by atoms with Crippen LogP contribution >= 0.6 is 0 Å². The number of benzene rings is 1. The number of anilines is 1. The van der Waals surface area contributed by atoms with Gasteiger partial charge >= 0.3 is 6.03 Å². The number of nitrogens with one attached hydrogen (secondary N) is 1. The van der Waals surface area contributed by atoms with E-state index in [-0.39, 0.29) is 6.03 Å². The van der Waals surface area contributed by atoms with E-state index in [0.29, 0.717) is 6.54 Å². The average molecular weight is 261 g/mol. The van der Waals surface area contributed by atoms with E-state index in [0.717, 1.165) is 6.42 Å². The maximum atomic E-state index is 11.4. The molecule has 0 bridgehead atoms. The molecule has 1 aliphatic heterocycles. The Morgan fingerprint density at radius 2 is 1.84 bits per heavy atom. The standard InChI is InChI=1S/C15H23N3O/c1-17(2)15(19)16-10-9-13-5-7-14(8-6-13)18-11-3-4-12-18/h5-8H,3-4,9-12H2,1-2H3,(H,16,19). The first-order valence-corrected chi connectivity index (χ1v) is 6.96. The van der Waals surface area contributed by atoms with E-state index in [4.69, 9.17) is 0 Å². The highest BCUT2D eigenvalue weighted by Gasteiger charge is 2.11. The van der Waals surface area contributed by atoms with Crippen molar-refractivity contribution in [2.24, 2.45) is 0 Å². The van der Waals surface area contributed by atoms with Gasteiger partial charge in [-0.2, -0.15) is 0 Å². The van der Waals surface area contributed by atoms with Gasteiger partial charge < -0.3 is 15.1 Å². The van der Waals surface area contributed by atoms with E-state index in [1.807, 2.05) is 0 Å². The number of carbonyl (C=O) groups excluding carboxylic acids is 1. The second-order valence-electron chi connectivity index (χ2n) is 5.24. The summed E-state index contributed by atoms with van der Waals surface area (Å²) >= 11 is 0. The van der Waals surface area contributed by atoms with Crippen molar-refractivity contribution in [3.8, 4) is 0 Å². The Morgan fingerprint density at radius 3 is 2.42 bits per heavy atom. The second-order valence-corrected chi connectivity index (χ2v) is 5.24. The normalized spacial score (nSPS) is 14.5. The largest absolute Gasteiger partial charge is 0.372 e. The minimum atomic E-state index is -0.0336. The van der Waals surface area contributed by atoms with Crippen LogP contribution in [0, 0.1) is 0 Å². The van der Waals surface area contributed by atoms with Crippen molar-refractivity contribution < 1.29 is 4.79 Å². The van der Waals surface area contributed by atoms with Crippen molar-refractivity contribution >= 4 is 11.7 Å². The average Bonchev–Trinajstić information content (AvgIpc) is 2.93. The third-order valence-electron chi connectivity index (χ3n) is 3.50. The summed E-state index contributed by atoms with van der Waals surface area (Å²) < 4.78 is 0. The molecule has 104 valence electrons. The van der Waals surface area contributed by atoms with Gasteiger partial charge in [-0.25, -0.2) is 4.79 Å². The zero-order valence-electron chi connectivity index (χ0n) is 11.9. The Labute approximate surface area is 115 Å². The Kier molecular flexibility index (Phi) is 4.66. The van der Waals surface area contributed by atoms with Crippen molar-refractivity contribution in [3.63, 3.8) is 0 Å². The number of amides is 2. The number of urea groups is 1. The molecule has 1 aromatic rings. The van der Waals surface area contributed by atoms with Crippen LogP contribution in [0.3, 0.4) is 0 Å². The summed E-state index contributed by atoms with van der Waals surface area (Å²) in [5.74, 6) is 0. The Hall–Kier alpha value is -1.71. The topological polar surface area (TPSA) is 35.6 Å². The van der Waals surface area contributed by atoms with E-state index < -0.39 is 0 Å². The summed E-state index contributed by atoms with van der Waals surface area (Å²) in [6.45, 7) is 3.04. The van der Waals surface area contributed by atoms with Gasteiger partial charge in [-0.15, -0.1) is 0 Å². The maximum absolute atomic E-state index is 11.4. The molecule has 1 aromatic carbocycles. The predicted octanol–water partition coefficient (Wildman–Crippen LogP) is 2.10. The number of nitrogens with zero attached hydrogens (tertiary/aromatic N) is 2. The Bertz CT molecular complexity index is 408. The van der Waals surface area contributed by atoms with Crippen LogP contribution < -0.4 is 10.2 Å². The molecule has 4 nitrogen and oxygen atoms in total. The molecule has 19 heavy (non-hydrogen) atoms. The van der Waals surface area contributed by atoms with Gasteiger partial charge in [0.15, 0.2) is 0 Å². The van der Waals surface area contributed by atoms with Gasteiger partial charge in [0.1, 0.15) is 0 Å². The van der Waals surface area contributed by atoms with E-state index in [9.17, 15) is 4.79 Å². The van der Waals surface area contributed by atoms with Crippen LogP contribution in [0.1, 0.15) is 18.4 Å². The molecule has 0 unspecified atom stereocenters. The lowest BCUT2D eigenvalue weighted by Crippen LogP contribution is -2.35. The van der Waals surface area contributed by atoms with Crippen LogP contribution in [0.2, 0.25) is 0 Å². The molecule has 0 radical (unpaired) electrons. The minimum absolute atomic E-state index is 0.0336. The zero-order valence-corrected chi connectivity index (χ0v) is 11.9. The molecule has 2 amide bonds. The van der Waals surface area contributed by atoms with Crippen LogP contribution in [0.4, 0.5) is 10.5 Å². The molecule has 0 saturated carbocycles. The van der Waals surface area contributed by atoms with Crippen molar-refractivity contribution in [1.82, 2.24) is 10.2 Å². The minimum Gasteiger partial charge on any atom is -0.372 e. The molecule has 1 heterocycles. The monoisotopic (exact) mass is 261 g/mol. The van der Waals surface area contributed by atoms with Gasteiger partial charge in [0, 0.05) is 39.4 Å². The summed E-state index contributed by atoms with van der Waals surface area (Å²) in [6.07, 6.45) is 3.48. The summed E-state index contributed by atoms with van der Waals surface area (Å²) in [4.78, 5) is 15.3. The molecular formula is C15H23N3O. The lowest BCUT2D eigenvalue weighted by Gasteiger charge is -2.17. The van der Waals surface area contributed by atoms with Crippen molar-refractivity contribution in [2.75, 3.05) is 38.6 Å². The van der Waals surface area contributed by atoms with Crippen LogP contribution in [0.25, 0.3) is 0 Å². The smallest absolute Gasteiger partial charge is 0.316 e. The molecule has 0 spiro atoms. The molecular weight excluding hydrogens is 238 g/mol. The van der Waals surface area contributed by atoms with Crippen LogP contribution in [0.5, 0.6) is 0 Å². The first-order valence-electron chi connectivity index (χ1n) is 6.96. The predicted molar refractivity (Wildman–Crippen MR) is 78.7 cm³/mol. The van der Waals surface area contributed by atoms with Gasteiger partial charge in [-0.05, 0) is 37.0 Å². The molecule has 0 aromatic heterocycles. The fraction of sp³-hybridized carbons (Fsp3) is 0.533. The third-order valence-corrected chi connectivity index (χ3v) is 3.50. The van der Waals surface area contributed by atoms with E-state index in [1.165, 1.54) is 37.2 Å². The molecule has 4 heteroatoms. The number of rotatable bonds is 4. The molecule has 0 aliphatic carbocycles. The number of hydrogen-bond acceptors (Lipinski definition) is 2. The van der Waals surface area contributed by atoms with E-state index in [1.54, 1.807) is 19.0 Å². The number of carbonyl (C=O) groups is 1. The highest BCUT2D eigenvalue weighted by atomic mass is 16.2. The fourth-order valence-corrected chi connectivity index (χ4v) is 2.32. The summed E-state index contributed by atoms with van der Waals surface area (Å²) in [6, 6.07) is 8.67. The Balaban J connectivity index is 1.80. The van der Waals surface area contributed by atoms with Gasteiger partial charge in [0.05, 0.1) is 0 Å². The lowest BCUT2D eigenvalue weighted by molar-refractivity contribution is 0.217. The second kappa shape index (κ2) is 6.45. The molecule has 1 aliphatic rings. The van der Waals surface area contributed by atoms with E-state index in [2.05, 4.69) is 34.5 Å². The third kappa shape index (κ3) is 3.88. The van der Waals surface area contributed by atoms with Gasteiger partial charge in [-0.1, -0.05) is 12.1 Å². The van der Waals surface area contributed by atoms with Gasteiger partial charge in [-0.3, -0.25) is 0 Å². The van der Waals surface area contributed by atoms with Crippen molar-refractivity contribution in [1.29, 1.82) is 0 Å². The number of hydrogen-bond donors (Lipinski definition) is 1. The van der Waals surface area contributed by atoms with Crippen LogP contribution in [-0.4, -0.2) is 44.7 Å².